The van der Waals surface area contributed by atoms with Crippen molar-refractivity contribution in [3.8, 4) is 0 Å². The quantitative estimate of drug-likeness (QED) is 0.833. The Labute approximate surface area is 115 Å². The minimum absolute atomic E-state index is 0.0965. The fourth-order valence-electron chi connectivity index (χ4n) is 2.12. The number of rotatable bonds is 3. The number of aryl methyl sites for hydroxylation is 1. The van der Waals surface area contributed by atoms with Crippen LogP contribution in [0.1, 0.15) is 39.1 Å². The Bertz CT molecular complexity index is 458. The Kier molecular flexibility index (Phi) is 3.73. The van der Waals surface area contributed by atoms with Crippen LogP contribution < -0.4 is 5.46 Å². The second-order valence-corrected chi connectivity index (χ2v) is 6.10. The molecule has 104 valence electrons. The van der Waals surface area contributed by atoms with Crippen LogP contribution in [0.4, 0.5) is 0 Å². The minimum Gasteiger partial charge on any atom is -0.399 e. The van der Waals surface area contributed by atoms with E-state index in [-0.39, 0.29) is 24.9 Å². The third kappa shape index (κ3) is 2.83. The normalized spacial score (nSPS) is 20.8. The molecule has 1 saturated heterocycles. The summed E-state index contributed by atoms with van der Waals surface area (Å²) in [5.41, 5.74) is 2.07. The number of aromatic nitrogens is 1. The van der Waals surface area contributed by atoms with Crippen molar-refractivity contribution < 1.29 is 14.4 Å². The Balaban J connectivity index is 2.29. The number of aliphatic hydroxyl groups is 1. The first-order valence-corrected chi connectivity index (χ1v) is 6.69. The molecule has 2 heterocycles. The van der Waals surface area contributed by atoms with Crippen molar-refractivity contribution in [3.63, 3.8) is 0 Å². The number of aliphatic hydroxyl groups excluding tert-OH is 1. The molecule has 1 N–H and O–H groups in total. The first-order chi connectivity index (χ1) is 8.75. The average Bonchev–Trinajstić information content (AvgIpc) is 2.48. The van der Waals surface area contributed by atoms with Gasteiger partial charge in [-0.3, -0.25) is 4.98 Å². The monoisotopic (exact) mass is 263 g/mol. The van der Waals surface area contributed by atoms with Gasteiger partial charge in [-0.15, -0.1) is 0 Å². The largest absolute Gasteiger partial charge is 0.494 e. The van der Waals surface area contributed by atoms with E-state index in [0.29, 0.717) is 6.42 Å². The van der Waals surface area contributed by atoms with Crippen LogP contribution in [0.3, 0.4) is 0 Å². The summed E-state index contributed by atoms with van der Waals surface area (Å²) < 4.78 is 12.1. The zero-order valence-corrected chi connectivity index (χ0v) is 12.4. The molecule has 0 saturated carbocycles. The summed E-state index contributed by atoms with van der Waals surface area (Å²) in [6, 6.07) is 3.92. The highest BCUT2D eigenvalue weighted by Gasteiger charge is 2.51. The van der Waals surface area contributed by atoms with Crippen molar-refractivity contribution in [1.29, 1.82) is 0 Å². The van der Waals surface area contributed by atoms with E-state index in [4.69, 9.17) is 14.4 Å². The fraction of sp³-hybridized carbons (Fsp3) is 0.643. The van der Waals surface area contributed by atoms with E-state index in [9.17, 15) is 0 Å². The number of nitrogens with zero attached hydrogens (tertiary/aromatic N) is 1. The molecule has 2 rings (SSSR count). The summed E-state index contributed by atoms with van der Waals surface area (Å²) in [5.74, 6) is 0. The predicted molar refractivity (Wildman–Crippen MR) is 75.5 cm³/mol. The van der Waals surface area contributed by atoms with E-state index in [2.05, 4.69) is 4.98 Å². The van der Waals surface area contributed by atoms with E-state index >= 15 is 0 Å². The SMILES string of the molecule is Cc1cc(B2OC(C)(C)C(C)(C)O2)cc(CCO)n1. The van der Waals surface area contributed by atoms with Gasteiger partial charge in [-0.1, -0.05) is 0 Å². The summed E-state index contributed by atoms with van der Waals surface area (Å²) in [6.45, 7) is 10.2. The molecule has 0 atom stereocenters. The lowest BCUT2D eigenvalue weighted by Gasteiger charge is -2.32. The molecule has 1 aliphatic rings. The maximum Gasteiger partial charge on any atom is 0.494 e. The highest BCUT2D eigenvalue weighted by Crippen LogP contribution is 2.36. The summed E-state index contributed by atoms with van der Waals surface area (Å²) in [5, 5.41) is 9.03. The third-order valence-electron chi connectivity index (χ3n) is 3.92. The molecule has 0 bridgehead atoms. The predicted octanol–water partition coefficient (Wildman–Crippen LogP) is 1.22. The van der Waals surface area contributed by atoms with Crippen molar-refractivity contribution in [2.45, 2.75) is 52.2 Å². The summed E-state index contributed by atoms with van der Waals surface area (Å²) >= 11 is 0. The minimum atomic E-state index is -0.371. The van der Waals surface area contributed by atoms with Gasteiger partial charge in [-0.05, 0) is 52.2 Å². The Hall–Kier alpha value is -0.905. The lowest BCUT2D eigenvalue weighted by atomic mass is 9.78. The highest BCUT2D eigenvalue weighted by molar-refractivity contribution is 6.62. The molecule has 0 aromatic carbocycles. The smallest absolute Gasteiger partial charge is 0.399 e. The van der Waals surface area contributed by atoms with Crippen molar-refractivity contribution in [3.05, 3.63) is 23.5 Å². The molecule has 1 aromatic heterocycles. The Morgan fingerprint density at radius 2 is 1.74 bits per heavy atom. The maximum atomic E-state index is 9.03. The Morgan fingerprint density at radius 3 is 2.26 bits per heavy atom. The number of hydrogen-bond donors (Lipinski definition) is 1. The van der Waals surface area contributed by atoms with Gasteiger partial charge in [0.05, 0.1) is 11.2 Å². The van der Waals surface area contributed by atoms with E-state index in [1.54, 1.807) is 0 Å². The van der Waals surface area contributed by atoms with Crippen molar-refractivity contribution >= 4 is 12.6 Å². The summed E-state index contributed by atoms with van der Waals surface area (Å²) in [6.07, 6.45) is 0.550. The van der Waals surface area contributed by atoms with Crippen LogP contribution in [0.2, 0.25) is 0 Å². The molecule has 4 nitrogen and oxygen atoms in total. The molecular weight excluding hydrogens is 241 g/mol. The lowest BCUT2D eigenvalue weighted by Crippen LogP contribution is -2.41. The van der Waals surface area contributed by atoms with Crippen LogP contribution >= 0.6 is 0 Å². The molecule has 0 spiro atoms. The molecule has 19 heavy (non-hydrogen) atoms. The lowest BCUT2D eigenvalue weighted by molar-refractivity contribution is 0.00578. The molecule has 0 aliphatic carbocycles. The van der Waals surface area contributed by atoms with Gasteiger partial charge in [0.25, 0.3) is 0 Å². The molecule has 1 aromatic rings. The van der Waals surface area contributed by atoms with Crippen molar-refractivity contribution in [2.24, 2.45) is 0 Å². The van der Waals surface area contributed by atoms with Gasteiger partial charge in [0.2, 0.25) is 0 Å². The van der Waals surface area contributed by atoms with Crippen LogP contribution in [0.5, 0.6) is 0 Å². The van der Waals surface area contributed by atoms with Crippen molar-refractivity contribution in [1.82, 2.24) is 4.98 Å². The van der Waals surface area contributed by atoms with E-state index in [1.807, 2.05) is 46.8 Å². The third-order valence-corrected chi connectivity index (χ3v) is 3.92. The van der Waals surface area contributed by atoms with Gasteiger partial charge in [0, 0.05) is 24.4 Å². The van der Waals surface area contributed by atoms with E-state index in [0.717, 1.165) is 16.9 Å². The standard InChI is InChI=1S/C14H22BNO3/c1-10-8-11(9-12(16-10)6-7-17)15-18-13(2,3)14(4,5)19-15/h8-9,17H,6-7H2,1-5H3. The van der Waals surface area contributed by atoms with E-state index in [1.165, 1.54) is 0 Å². The molecule has 1 aliphatic heterocycles. The number of pyridine rings is 1. The number of hydrogen-bond acceptors (Lipinski definition) is 4. The molecule has 0 amide bonds. The van der Waals surface area contributed by atoms with Crippen LogP contribution in [0.15, 0.2) is 12.1 Å². The van der Waals surface area contributed by atoms with Gasteiger partial charge in [0.1, 0.15) is 0 Å². The van der Waals surface area contributed by atoms with Gasteiger partial charge < -0.3 is 14.4 Å². The molecule has 5 heteroatoms. The average molecular weight is 263 g/mol. The van der Waals surface area contributed by atoms with Gasteiger partial charge in [-0.2, -0.15) is 0 Å². The molecule has 0 unspecified atom stereocenters. The second-order valence-electron chi connectivity index (χ2n) is 6.10. The maximum absolute atomic E-state index is 9.03. The first kappa shape index (κ1) is 14.5. The van der Waals surface area contributed by atoms with Crippen LogP contribution in [0, 0.1) is 6.92 Å². The van der Waals surface area contributed by atoms with Crippen LogP contribution in [-0.2, 0) is 15.7 Å². The summed E-state index contributed by atoms with van der Waals surface area (Å²) in [4.78, 5) is 4.40. The van der Waals surface area contributed by atoms with Crippen LogP contribution in [0.25, 0.3) is 0 Å². The van der Waals surface area contributed by atoms with Gasteiger partial charge >= 0.3 is 7.12 Å². The van der Waals surface area contributed by atoms with Crippen molar-refractivity contribution in [2.75, 3.05) is 6.61 Å². The fourth-order valence-corrected chi connectivity index (χ4v) is 2.12. The van der Waals surface area contributed by atoms with Gasteiger partial charge in [-0.25, -0.2) is 0 Å². The topological polar surface area (TPSA) is 51.6 Å². The van der Waals surface area contributed by atoms with E-state index < -0.39 is 0 Å². The zero-order chi connectivity index (χ0) is 14.3. The molecular formula is C14H22BNO3. The van der Waals surface area contributed by atoms with Crippen LogP contribution in [-0.4, -0.2) is 35.0 Å². The van der Waals surface area contributed by atoms with Gasteiger partial charge in [0.15, 0.2) is 0 Å². The Morgan fingerprint density at radius 1 is 1.16 bits per heavy atom. The highest BCUT2D eigenvalue weighted by atomic mass is 16.7. The first-order valence-electron chi connectivity index (χ1n) is 6.69. The second kappa shape index (κ2) is 4.89. The zero-order valence-electron chi connectivity index (χ0n) is 12.4. The molecule has 1 fully saturated rings. The molecule has 0 radical (unpaired) electrons. The summed E-state index contributed by atoms with van der Waals surface area (Å²) in [7, 11) is -0.371.